The molecule has 80 valence electrons. The minimum absolute atomic E-state index is 0.0714. The van der Waals surface area contributed by atoms with Crippen molar-refractivity contribution in [3.63, 3.8) is 0 Å². The molecule has 2 rings (SSSR count). The van der Waals surface area contributed by atoms with Crippen molar-refractivity contribution in [3.05, 3.63) is 0 Å². The first-order valence-electron chi connectivity index (χ1n) is 5.40. The lowest BCUT2D eigenvalue weighted by atomic mass is 9.76. The van der Waals surface area contributed by atoms with Crippen molar-refractivity contribution >= 4 is 6.09 Å². The van der Waals surface area contributed by atoms with Gasteiger partial charge in [-0.2, -0.15) is 0 Å². The molecular weight excluding hydrogens is 180 g/mol. The second-order valence-electron chi connectivity index (χ2n) is 4.43. The molecule has 1 saturated heterocycles. The number of carbonyl (C=O) groups is 1. The first kappa shape index (κ1) is 9.77. The third kappa shape index (κ3) is 1.71. The second kappa shape index (κ2) is 3.77. The summed E-state index contributed by atoms with van der Waals surface area (Å²) in [5.74, 6) is 0. The average molecular weight is 198 g/mol. The first-order valence-corrected chi connectivity index (χ1v) is 5.40. The number of ether oxygens (including phenoxy) is 1. The highest BCUT2D eigenvalue weighted by Gasteiger charge is 2.45. The summed E-state index contributed by atoms with van der Waals surface area (Å²) in [6.07, 6.45) is 5.03. The van der Waals surface area contributed by atoms with Crippen molar-refractivity contribution in [2.75, 3.05) is 13.1 Å². The van der Waals surface area contributed by atoms with Gasteiger partial charge in [-0.1, -0.05) is 0 Å². The van der Waals surface area contributed by atoms with Gasteiger partial charge in [-0.25, -0.2) is 4.79 Å². The van der Waals surface area contributed by atoms with E-state index in [1.807, 2.05) is 0 Å². The topological polar surface area (TPSA) is 64.4 Å². The monoisotopic (exact) mass is 198 g/mol. The Balaban J connectivity index is 2.03. The SMILES string of the molecule is NC(=O)O[C@@H]1CCCC12CCNCC2. The lowest BCUT2D eigenvalue weighted by Gasteiger charge is -2.38. The van der Waals surface area contributed by atoms with Gasteiger partial charge in [-0.05, 0) is 45.2 Å². The number of nitrogens with two attached hydrogens (primary N) is 1. The summed E-state index contributed by atoms with van der Waals surface area (Å²) in [5, 5.41) is 3.34. The van der Waals surface area contributed by atoms with E-state index in [1.54, 1.807) is 0 Å². The number of primary amides is 1. The van der Waals surface area contributed by atoms with Crippen LogP contribution >= 0.6 is 0 Å². The summed E-state index contributed by atoms with van der Waals surface area (Å²) in [7, 11) is 0. The van der Waals surface area contributed by atoms with Crippen LogP contribution in [0.5, 0.6) is 0 Å². The molecule has 1 heterocycles. The lowest BCUT2D eigenvalue weighted by Crippen LogP contribution is -2.43. The van der Waals surface area contributed by atoms with Crippen LogP contribution in [0.4, 0.5) is 4.79 Å². The van der Waals surface area contributed by atoms with Gasteiger partial charge in [0.2, 0.25) is 0 Å². The maximum atomic E-state index is 10.8. The Morgan fingerprint density at radius 2 is 2.07 bits per heavy atom. The minimum Gasteiger partial charge on any atom is -0.446 e. The molecule has 3 N–H and O–H groups in total. The molecule has 0 aromatic rings. The molecule has 2 fully saturated rings. The number of nitrogens with one attached hydrogen (secondary N) is 1. The molecule has 4 heteroatoms. The Hall–Kier alpha value is -0.770. The molecule has 1 saturated carbocycles. The highest BCUT2D eigenvalue weighted by atomic mass is 16.6. The Labute approximate surface area is 84.2 Å². The largest absolute Gasteiger partial charge is 0.446 e. The summed E-state index contributed by atoms with van der Waals surface area (Å²) in [5.41, 5.74) is 5.32. The zero-order valence-corrected chi connectivity index (χ0v) is 8.42. The molecule has 0 unspecified atom stereocenters. The number of piperidine rings is 1. The Bertz CT molecular complexity index is 224. The van der Waals surface area contributed by atoms with Crippen LogP contribution in [0.25, 0.3) is 0 Å². The van der Waals surface area contributed by atoms with Crippen LogP contribution in [-0.2, 0) is 4.74 Å². The molecule has 1 atom stereocenters. The summed E-state index contributed by atoms with van der Waals surface area (Å²) in [6.45, 7) is 2.08. The summed E-state index contributed by atoms with van der Waals surface area (Å²) >= 11 is 0. The third-order valence-electron chi connectivity index (χ3n) is 3.68. The van der Waals surface area contributed by atoms with E-state index in [0.717, 1.165) is 38.8 Å². The lowest BCUT2D eigenvalue weighted by molar-refractivity contribution is 0.0124. The first-order chi connectivity index (χ1) is 6.73. The molecule has 14 heavy (non-hydrogen) atoms. The van der Waals surface area contributed by atoms with Gasteiger partial charge in [-0.15, -0.1) is 0 Å². The zero-order valence-electron chi connectivity index (χ0n) is 8.42. The van der Waals surface area contributed by atoms with Crippen LogP contribution in [0.15, 0.2) is 0 Å². The molecule has 2 aliphatic rings. The van der Waals surface area contributed by atoms with Crippen molar-refractivity contribution in [3.8, 4) is 0 Å². The van der Waals surface area contributed by atoms with Crippen LogP contribution in [0.2, 0.25) is 0 Å². The molecule has 1 spiro atoms. The number of amides is 1. The Morgan fingerprint density at radius 3 is 2.71 bits per heavy atom. The van der Waals surface area contributed by atoms with E-state index in [2.05, 4.69) is 5.32 Å². The molecule has 4 nitrogen and oxygen atoms in total. The predicted octanol–water partition coefficient (Wildman–Crippen LogP) is 1.00. The summed E-state index contributed by atoms with van der Waals surface area (Å²) in [6, 6.07) is 0. The van der Waals surface area contributed by atoms with Gasteiger partial charge in [0, 0.05) is 5.41 Å². The van der Waals surface area contributed by atoms with Crippen LogP contribution in [0.1, 0.15) is 32.1 Å². The molecule has 1 amide bonds. The number of carbonyl (C=O) groups excluding carboxylic acids is 1. The van der Waals surface area contributed by atoms with E-state index >= 15 is 0 Å². The number of hydrogen-bond acceptors (Lipinski definition) is 3. The quantitative estimate of drug-likeness (QED) is 0.660. The van der Waals surface area contributed by atoms with Gasteiger partial charge in [0.1, 0.15) is 6.10 Å². The van der Waals surface area contributed by atoms with E-state index in [0.29, 0.717) is 0 Å². The second-order valence-corrected chi connectivity index (χ2v) is 4.43. The fraction of sp³-hybridized carbons (Fsp3) is 0.900. The molecular formula is C10H18N2O2. The van der Waals surface area contributed by atoms with Crippen molar-refractivity contribution in [2.45, 2.75) is 38.2 Å². The van der Waals surface area contributed by atoms with E-state index in [4.69, 9.17) is 10.5 Å². The normalized spacial score (nSPS) is 30.4. The minimum atomic E-state index is -0.616. The Kier molecular flexibility index (Phi) is 2.63. The smallest absolute Gasteiger partial charge is 0.404 e. The van der Waals surface area contributed by atoms with Gasteiger partial charge in [0.25, 0.3) is 0 Å². The molecule has 1 aliphatic heterocycles. The van der Waals surface area contributed by atoms with Crippen LogP contribution in [0.3, 0.4) is 0 Å². The van der Waals surface area contributed by atoms with E-state index < -0.39 is 6.09 Å². The molecule has 0 bridgehead atoms. The molecule has 0 radical (unpaired) electrons. The zero-order chi connectivity index (χ0) is 10.0. The third-order valence-corrected chi connectivity index (χ3v) is 3.68. The van der Waals surface area contributed by atoms with Gasteiger partial charge in [0.05, 0.1) is 0 Å². The highest BCUT2D eigenvalue weighted by Crippen LogP contribution is 2.46. The summed E-state index contributed by atoms with van der Waals surface area (Å²) < 4.78 is 5.22. The Morgan fingerprint density at radius 1 is 1.36 bits per heavy atom. The van der Waals surface area contributed by atoms with Crippen LogP contribution < -0.4 is 11.1 Å². The maximum Gasteiger partial charge on any atom is 0.404 e. The van der Waals surface area contributed by atoms with Gasteiger partial charge in [0.15, 0.2) is 0 Å². The van der Waals surface area contributed by atoms with E-state index in [9.17, 15) is 4.79 Å². The summed E-state index contributed by atoms with van der Waals surface area (Å²) in [4.78, 5) is 10.8. The standard InChI is InChI=1S/C10H18N2O2/c11-9(13)14-8-2-1-3-10(8)4-6-12-7-5-10/h8,12H,1-7H2,(H2,11,13)/t8-/m1/s1. The fourth-order valence-electron chi connectivity index (χ4n) is 2.93. The van der Waals surface area contributed by atoms with Gasteiger partial charge in [-0.3, -0.25) is 0 Å². The van der Waals surface area contributed by atoms with Crippen molar-refractivity contribution in [1.82, 2.24) is 5.32 Å². The van der Waals surface area contributed by atoms with Crippen molar-refractivity contribution < 1.29 is 9.53 Å². The predicted molar refractivity (Wildman–Crippen MR) is 52.8 cm³/mol. The van der Waals surface area contributed by atoms with Crippen molar-refractivity contribution in [2.24, 2.45) is 11.1 Å². The fourth-order valence-corrected chi connectivity index (χ4v) is 2.93. The highest BCUT2D eigenvalue weighted by molar-refractivity contribution is 5.64. The van der Waals surface area contributed by atoms with Gasteiger partial charge >= 0.3 is 6.09 Å². The molecule has 0 aromatic carbocycles. The van der Waals surface area contributed by atoms with Crippen molar-refractivity contribution in [1.29, 1.82) is 0 Å². The maximum absolute atomic E-state index is 10.8. The van der Waals surface area contributed by atoms with Crippen LogP contribution in [0, 0.1) is 5.41 Å². The van der Waals surface area contributed by atoms with Crippen LogP contribution in [-0.4, -0.2) is 25.3 Å². The van der Waals surface area contributed by atoms with Gasteiger partial charge < -0.3 is 15.8 Å². The number of hydrogen-bond donors (Lipinski definition) is 2. The molecule has 1 aliphatic carbocycles. The van der Waals surface area contributed by atoms with E-state index in [1.165, 1.54) is 6.42 Å². The number of rotatable bonds is 1. The van der Waals surface area contributed by atoms with E-state index in [-0.39, 0.29) is 11.5 Å². The average Bonchev–Trinajstić information content (AvgIpc) is 2.50. The molecule has 0 aromatic heterocycles.